The van der Waals surface area contributed by atoms with E-state index in [1.54, 1.807) is 0 Å². The topological polar surface area (TPSA) is 54.4 Å². The number of carboxylic acids is 1. The lowest BCUT2D eigenvalue weighted by Gasteiger charge is -2.55. The normalized spacial score (nSPS) is 46.4. The molecule has 3 rings (SSSR count). The largest absolute Gasteiger partial charge is 0.481 e. The van der Waals surface area contributed by atoms with E-state index in [-0.39, 0.29) is 10.8 Å². The van der Waals surface area contributed by atoms with Gasteiger partial charge in [-0.15, -0.1) is 0 Å². The maximum atomic E-state index is 12.7. The molecule has 0 aromatic heterocycles. The molecule has 0 aliphatic heterocycles. The number of aliphatic carboxylic acids is 1. The maximum Gasteiger partial charge on any atom is 0.309 e. The minimum atomic E-state index is -0.610. The summed E-state index contributed by atoms with van der Waals surface area (Å²) in [5.74, 6) is 1.11. The SMILES string of the molecule is CC1(C)CC[C@H]2C3CCC[C@@](C)(C(=O)O)[C@H]3CC[C@]2(C)CC1=O. The van der Waals surface area contributed by atoms with Gasteiger partial charge in [0.15, 0.2) is 0 Å². The predicted molar refractivity (Wildman–Crippen MR) is 90.0 cm³/mol. The summed E-state index contributed by atoms with van der Waals surface area (Å²) in [5.41, 5.74) is -0.681. The van der Waals surface area contributed by atoms with Crippen LogP contribution in [-0.4, -0.2) is 16.9 Å². The molecule has 3 aliphatic rings. The standard InChI is InChI=1S/C20H32O3/c1-18(2)10-7-14-13-6-5-9-20(4,17(22)23)15(13)8-11-19(14,3)12-16(18)21/h13-15H,5-12H2,1-4H3,(H,22,23)/t13?,14-,15-,19+,20+/m0/s1. The van der Waals surface area contributed by atoms with Gasteiger partial charge in [-0.3, -0.25) is 9.59 Å². The Kier molecular flexibility index (Phi) is 3.93. The van der Waals surface area contributed by atoms with Gasteiger partial charge in [-0.25, -0.2) is 0 Å². The van der Waals surface area contributed by atoms with Crippen molar-refractivity contribution in [3.05, 3.63) is 0 Å². The second-order valence-corrected chi connectivity index (χ2v) is 9.71. The van der Waals surface area contributed by atoms with Gasteiger partial charge in [0.1, 0.15) is 5.78 Å². The molecule has 3 aliphatic carbocycles. The maximum absolute atomic E-state index is 12.7. The summed E-state index contributed by atoms with van der Waals surface area (Å²) in [5, 5.41) is 9.82. The highest BCUT2D eigenvalue weighted by molar-refractivity contribution is 5.85. The molecule has 0 radical (unpaired) electrons. The van der Waals surface area contributed by atoms with Gasteiger partial charge in [-0.2, -0.15) is 0 Å². The number of hydrogen-bond acceptors (Lipinski definition) is 2. The zero-order chi connectivity index (χ0) is 17.0. The first-order valence-electron chi connectivity index (χ1n) is 9.37. The zero-order valence-electron chi connectivity index (χ0n) is 15.2. The number of rotatable bonds is 1. The van der Waals surface area contributed by atoms with Gasteiger partial charge in [0, 0.05) is 11.8 Å². The fourth-order valence-electron chi connectivity index (χ4n) is 6.08. The molecule has 0 aromatic carbocycles. The molecule has 0 amide bonds. The van der Waals surface area contributed by atoms with Crippen molar-refractivity contribution < 1.29 is 14.7 Å². The van der Waals surface area contributed by atoms with Crippen molar-refractivity contribution in [1.82, 2.24) is 0 Å². The molecule has 0 saturated heterocycles. The van der Waals surface area contributed by atoms with Crippen molar-refractivity contribution in [2.45, 2.75) is 79.1 Å². The van der Waals surface area contributed by atoms with Crippen LogP contribution in [0.2, 0.25) is 0 Å². The van der Waals surface area contributed by atoms with Gasteiger partial charge in [0.25, 0.3) is 0 Å². The molecule has 3 fully saturated rings. The highest BCUT2D eigenvalue weighted by Gasteiger charge is 2.57. The van der Waals surface area contributed by atoms with Crippen LogP contribution in [0.1, 0.15) is 79.1 Å². The van der Waals surface area contributed by atoms with Crippen LogP contribution < -0.4 is 0 Å². The van der Waals surface area contributed by atoms with Gasteiger partial charge < -0.3 is 5.11 Å². The van der Waals surface area contributed by atoms with Crippen LogP contribution in [0.25, 0.3) is 0 Å². The number of carbonyl (C=O) groups is 2. The molecule has 0 aromatic rings. The van der Waals surface area contributed by atoms with E-state index in [0.717, 1.165) is 44.9 Å². The molecule has 1 unspecified atom stereocenters. The predicted octanol–water partition coefficient (Wildman–Crippen LogP) is 4.69. The molecule has 5 atom stereocenters. The molecule has 23 heavy (non-hydrogen) atoms. The van der Waals surface area contributed by atoms with Gasteiger partial charge in [-0.1, -0.05) is 27.2 Å². The summed E-state index contributed by atoms with van der Waals surface area (Å²) >= 11 is 0. The van der Waals surface area contributed by atoms with E-state index in [4.69, 9.17) is 0 Å². The molecule has 3 saturated carbocycles. The third-order valence-electron chi connectivity index (χ3n) is 7.90. The second-order valence-electron chi connectivity index (χ2n) is 9.71. The first kappa shape index (κ1) is 17.0. The summed E-state index contributed by atoms with van der Waals surface area (Å²) in [6.45, 7) is 8.46. The van der Waals surface area contributed by atoms with Gasteiger partial charge in [0.2, 0.25) is 0 Å². The van der Waals surface area contributed by atoms with Crippen molar-refractivity contribution in [2.24, 2.45) is 34.0 Å². The smallest absolute Gasteiger partial charge is 0.309 e. The van der Waals surface area contributed by atoms with E-state index in [1.165, 1.54) is 0 Å². The van der Waals surface area contributed by atoms with Crippen LogP contribution in [-0.2, 0) is 9.59 Å². The van der Waals surface area contributed by atoms with Crippen LogP contribution in [0.4, 0.5) is 0 Å². The molecular formula is C20H32O3. The van der Waals surface area contributed by atoms with E-state index in [0.29, 0.717) is 30.0 Å². The molecule has 0 bridgehead atoms. The first-order chi connectivity index (χ1) is 10.6. The third-order valence-corrected chi connectivity index (χ3v) is 7.90. The van der Waals surface area contributed by atoms with Crippen molar-refractivity contribution >= 4 is 11.8 Å². The Bertz CT molecular complexity index is 523. The van der Waals surface area contributed by atoms with Crippen molar-refractivity contribution in [2.75, 3.05) is 0 Å². The quantitative estimate of drug-likeness (QED) is 0.762. The van der Waals surface area contributed by atoms with Crippen LogP contribution in [0, 0.1) is 34.0 Å². The highest BCUT2D eigenvalue weighted by atomic mass is 16.4. The lowest BCUT2D eigenvalue weighted by Crippen LogP contribution is -2.51. The first-order valence-corrected chi connectivity index (χ1v) is 9.37. The number of fused-ring (bicyclic) bond motifs is 3. The van der Waals surface area contributed by atoms with Crippen molar-refractivity contribution in [3.8, 4) is 0 Å². The summed E-state index contributed by atoms with van der Waals surface area (Å²) in [4.78, 5) is 24.6. The molecule has 3 heteroatoms. The number of carbonyl (C=O) groups excluding carboxylic acids is 1. The molecule has 130 valence electrons. The summed E-state index contributed by atoms with van der Waals surface area (Å²) < 4.78 is 0. The Morgan fingerprint density at radius 2 is 1.65 bits per heavy atom. The summed E-state index contributed by atoms with van der Waals surface area (Å²) in [7, 11) is 0. The fourth-order valence-corrected chi connectivity index (χ4v) is 6.08. The molecular weight excluding hydrogens is 288 g/mol. The zero-order valence-corrected chi connectivity index (χ0v) is 15.2. The summed E-state index contributed by atoms with van der Waals surface area (Å²) in [6, 6.07) is 0. The van der Waals surface area contributed by atoms with E-state index in [9.17, 15) is 14.7 Å². The van der Waals surface area contributed by atoms with Gasteiger partial charge >= 0.3 is 5.97 Å². The van der Waals surface area contributed by atoms with Crippen LogP contribution in [0.15, 0.2) is 0 Å². The highest BCUT2D eigenvalue weighted by Crippen LogP contribution is 2.61. The van der Waals surface area contributed by atoms with E-state index in [2.05, 4.69) is 20.8 Å². The number of carboxylic acid groups (broad SMARTS) is 1. The third kappa shape index (κ3) is 2.55. The average molecular weight is 320 g/mol. The molecule has 1 N–H and O–H groups in total. The van der Waals surface area contributed by atoms with E-state index in [1.807, 2.05) is 6.92 Å². The Morgan fingerprint density at radius 3 is 2.30 bits per heavy atom. The average Bonchev–Trinajstić information content (AvgIpc) is 2.54. The van der Waals surface area contributed by atoms with Gasteiger partial charge in [-0.05, 0) is 68.6 Å². The van der Waals surface area contributed by atoms with E-state index < -0.39 is 11.4 Å². The van der Waals surface area contributed by atoms with Crippen molar-refractivity contribution in [3.63, 3.8) is 0 Å². The van der Waals surface area contributed by atoms with Crippen LogP contribution in [0.5, 0.6) is 0 Å². The van der Waals surface area contributed by atoms with Crippen molar-refractivity contribution in [1.29, 1.82) is 0 Å². The fraction of sp³-hybridized carbons (Fsp3) is 0.900. The van der Waals surface area contributed by atoms with E-state index >= 15 is 0 Å². The number of hydrogen-bond donors (Lipinski definition) is 1. The molecule has 0 spiro atoms. The number of Topliss-reactive ketones (excluding diaryl/α,β-unsaturated/α-hetero) is 1. The Labute approximate surface area is 140 Å². The van der Waals surface area contributed by atoms with Crippen LogP contribution in [0.3, 0.4) is 0 Å². The van der Waals surface area contributed by atoms with Gasteiger partial charge in [0.05, 0.1) is 5.41 Å². The molecule has 0 heterocycles. The Hall–Kier alpha value is -0.860. The number of ketones is 1. The summed E-state index contributed by atoms with van der Waals surface area (Å²) in [6.07, 6.45) is 7.73. The minimum absolute atomic E-state index is 0.0861. The lowest BCUT2D eigenvalue weighted by molar-refractivity contribution is -0.163. The van der Waals surface area contributed by atoms with Crippen LogP contribution >= 0.6 is 0 Å². The monoisotopic (exact) mass is 320 g/mol. The second kappa shape index (κ2) is 5.32. The lowest BCUT2D eigenvalue weighted by atomic mass is 9.48. The minimum Gasteiger partial charge on any atom is -0.481 e. The Morgan fingerprint density at radius 1 is 1.00 bits per heavy atom. The molecule has 3 nitrogen and oxygen atoms in total. The Balaban J connectivity index is 1.94.